The number of nitrogens with one attached hydrogen (secondary N) is 2. The molecule has 8 heteroatoms. The number of anilines is 2. The third-order valence-electron chi connectivity index (χ3n) is 3.37. The Morgan fingerprint density at radius 3 is 2.80 bits per heavy atom. The smallest absolute Gasteiger partial charge is 0.271 e. The molecular formula is C17H17N3O4S. The predicted octanol–water partition coefficient (Wildman–Crippen LogP) is 3.43. The minimum Gasteiger partial charge on any atom is -0.493 e. The van der Waals surface area contributed by atoms with Crippen LogP contribution in [0.25, 0.3) is 0 Å². The van der Waals surface area contributed by atoms with Crippen molar-refractivity contribution in [2.24, 2.45) is 0 Å². The van der Waals surface area contributed by atoms with Crippen molar-refractivity contribution in [1.82, 2.24) is 10.3 Å². The van der Waals surface area contributed by atoms with E-state index in [0.717, 1.165) is 5.69 Å². The maximum atomic E-state index is 12.1. The van der Waals surface area contributed by atoms with E-state index in [9.17, 15) is 4.79 Å². The molecule has 2 aromatic heterocycles. The normalized spacial score (nSPS) is 10.3. The highest BCUT2D eigenvalue weighted by Crippen LogP contribution is 2.31. The Morgan fingerprint density at radius 2 is 2.08 bits per heavy atom. The van der Waals surface area contributed by atoms with Gasteiger partial charge in [0.2, 0.25) is 0 Å². The lowest BCUT2D eigenvalue weighted by molar-refractivity contribution is 0.0944. The molecule has 3 aromatic rings. The molecule has 0 aliphatic rings. The summed E-state index contributed by atoms with van der Waals surface area (Å²) in [6.07, 6.45) is 1.56. The second-order valence-corrected chi connectivity index (χ2v) is 5.85. The third kappa shape index (κ3) is 4.10. The summed E-state index contributed by atoms with van der Waals surface area (Å²) in [5, 5.41) is 8.21. The van der Waals surface area contributed by atoms with Crippen molar-refractivity contribution in [2.45, 2.75) is 6.54 Å². The second kappa shape index (κ2) is 7.71. The van der Waals surface area contributed by atoms with Gasteiger partial charge in [-0.05, 0) is 24.3 Å². The number of hydrogen-bond donors (Lipinski definition) is 2. The first-order valence-corrected chi connectivity index (χ1v) is 8.32. The molecule has 2 N–H and O–H groups in total. The van der Waals surface area contributed by atoms with Gasteiger partial charge in [0, 0.05) is 17.1 Å². The molecule has 0 saturated carbocycles. The molecule has 3 rings (SSSR count). The van der Waals surface area contributed by atoms with Crippen molar-refractivity contribution in [2.75, 3.05) is 19.5 Å². The summed E-state index contributed by atoms with van der Waals surface area (Å²) in [5.74, 6) is 1.69. The summed E-state index contributed by atoms with van der Waals surface area (Å²) >= 11 is 1.34. The number of carbonyl (C=O) groups is 1. The topological polar surface area (TPSA) is 85.6 Å². The largest absolute Gasteiger partial charge is 0.493 e. The molecule has 0 unspecified atom stereocenters. The van der Waals surface area contributed by atoms with Crippen LogP contribution in [0.4, 0.5) is 10.8 Å². The highest BCUT2D eigenvalue weighted by molar-refractivity contribution is 7.14. The molecule has 0 saturated heterocycles. The van der Waals surface area contributed by atoms with E-state index in [4.69, 9.17) is 13.9 Å². The summed E-state index contributed by atoms with van der Waals surface area (Å²) < 4.78 is 15.7. The summed E-state index contributed by atoms with van der Waals surface area (Å²) in [7, 11) is 3.16. The molecule has 0 radical (unpaired) electrons. The number of aromatic nitrogens is 1. The molecule has 1 amide bonds. The van der Waals surface area contributed by atoms with E-state index in [1.807, 2.05) is 6.07 Å². The Labute approximate surface area is 148 Å². The fourth-order valence-electron chi connectivity index (χ4n) is 2.14. The lowest BCUT2D eigenvalue weighted by Gasteiger charge is -2.09. The number of amides is 1. The molecule has 0 aliphatic carbocycles. The van der Waals surface area contributed by atoms with Gasteiger partial charge in [-0.2, -0.15) is 0 Å². The number of thiazole rings is 1. The number of hydrogen-bond acceptors (Lipinski definition) is 7. The highest BCUT2D eigenvalue weighted by atomic mass is 32.1. The van der Waals surface area contributed by atoms with Gasteiger partial charge in [0.25, 0.3) is 5.91 Å². The average molecular weight is 359 g/mol. The minimum atomic E-state index is -0.256. The Balaban J connectivity index is 1.64. The minimum absolute atomic E-state index is 0.256. The van der Waals surface area contributed by atoms with Crippen molar-refractivity contribution in [3.8, 4) is 11.5 Å². The summed E-state index contributed by atoms with van der Waals surface area (Å²) in [6.45, 7) is 0.321. The molecule has 0 spiro atoms. The molecule has 0 fully saturated rings. The van der Waals surface area contributed by atoms with E-state index in [1.165, 1.54) is 11.3 Å². The van der Waals surface area contributed by atoms with Crippen LogP contribution in [0.15, 0.2) is 46.4 Å². The van der Waals surface area contributed by atoms with Gasteiger partial charge in [0.05, 0.1) is 27.0 Å². The molecule has 7 nitrogen and oxygen atoms in total. The maximum absolute atomic E-state index is 12.1. The lowest BCUT2D eigenvalue weighted by atomic mass is 10.3. The predicted molar refractivity (Wildman–Crippen MR) is 94.8 cm³/mol. The number of ether oxygens (including phenoxy) is 2. The van der Waals surface area contributed by atoms with Crippen LogP contribution in [-0.2, 0) is 6.54 Å². The van der Waals surface area contributed by atoms with E-state index in [2.05, 4.69) is 15.6 Å². The van der Waals surface area contributed by atoms with Crippen LogP contribution in [0.3, 0.4) is 0 Å². The van der Waals surface area contributed by atoms with Crippen LogP contribution in [0.2, 0.25) is 0 Å². The van der Waals surface area contributed by atoms with Crippen LogP contribution < -0.4 is 20.1 Å². The number of benzene rings is 1. The Bertz CT molecular complexity index is 845. The quantitative estimate of drug-likeness (QED) is 0.672. The Hall–Kier alpha value is -3.00. The summed E-state index contributed by atoms with van der Waals surface area (Å²) in [6, 6.07) is 9.02. The van der Waals surface area contributed by atoms with Gasteiger partial charge in [-0.1, -0.05) is 0 Å². The van der Waals surface area contributed by atoms with Gasteiger partial charge in [0.1, 0.15) is 11.5 Å². The number of rotatable bonds is 7. The van der Waals surface area contributed by atoms with Gasteiger partial charge >= 0.3 is 0 Å². The Kier molecular flexibility index (Phi) is 5.20. The van der Waals surface area contributed by atoms with Crippen molar-refractivity contribution >= 4 is 28.1 Å². The first kappa shape index (κ1) is 16.8. The monoisotopic (exact) mass is 359 g/mol. The molecule has 0 atom stereocenters. The van der Waals surface area contributed by atoms with Gasteiger partial charge in [0.15, 0.2) is 16.6 Å². The van der Waals surface area contributed by atoms with Crippen LogP contribution in [0, 0.1) is 0 Å². The van der Waals surface area contributed by atoms with E-state index in [1.54, 1.807) is 50.1 Å². The summed E-state index contributed by atoms with van der Waals surface area (Å²) in [4.78, 5) is 16.4. The fraction of sp³-hybridized carbons (Fsp3) is 0.176. The molecule has 1 aromatic carbocycles. The first-order chi connectivity index (χ1) is 12.2. The van der Waals surface area contributed by atoms with Crippen LogP contribution in [0.5, 0.6) is 11.5 Å². The van der Waals surface area contributed by atoms with Gasteiger partial charge in [-0.3, -0.25) is 4.79 Å². The number of furan rings is 1. The van der Waals surface area contributed by atoms with Gasteiger partial charge < -0.3 is 24.5 Å². The number of methoxy groups -OCH3 is 2. The van der Waals surface area contributed by atoms with Crippen molar-refractivity contribution in [3.05, 3.63) is 53.4 Å². The summed E-state index contributed by atoms with van der Waals surface area (Å²) in [5.41, 5.74) is 1.13. The third-order valence-corrected chi connectivity index (χ3v) is 4.13. The van der Waals surface area contributed by atoms with E-state index < -0.39 is 0 Å². The number of carbonyl (C=O) groups excluding carboxylic acids is 1. The van der Waals surface area contributed by atoms with Crippen molar-refractivity contribution < 1.29 is 18.7 Å². The SMILES string of the molecule is COc1ccc(Nc2nc(C(=O)NCc3ccco3)cs2)cc1OC. The highest BCUT2D eigenvalue weighted by Gasteiger charge is 2.12. The van der Waals surface area contributed by atoms with Crippen LogP contribution in [-0.4, -0.2) is 25.1 Å². The lowest BCUT2D eigenvalue weighted by Crippen LogP contribution is -2.22. The van der Waals surface area contributed by atoms with Crippen molar-refractivity contribution in [3.63, 3.8) is 0 Å². The zero-order chi connectivity index (χ0) is 17.6. The second-order valence-electron chi connectivity index (χ2n) is 4.99. The van der Waals surface area contributed by atoms with E-state index >= 15 is 0 Å². The van der Waals surface area contributed by atoms with Gasteiger partial charge in [-0.15, -0.1) is 11.3 Å². The number of nitrogens with zero attached hydrogens (tertiary/aromatic N) is 1. The first-order valence-electron chi connectivity index (χ1n) is 7.44. The molecule has 130 valence electrons. The maximum Gasteiger partial charge on any atom is 0.271 e. The molecule has 2 heterocycles. The van der Waals surface area contributed by atoms with Crippen LogP contribution >= 0.6 is 11.3 Å². The zero-order valence-corrected chi connectivity index (χ0v) is 14.6. The standard InChI is InChI=1S/C17H17N3O4S/c1-22-14-6-5-11(8-15(14)23-2)19-17-20-13(10-25-17)16(21)18-9-12-4-3-7-24-12/h3-8,10H,9H2,1-2H3,(H,18,21)(H,19,20). The Morgan fingerprint density at radius 1 is 1.24 bits per heavy atom. The zero-order valence-electron chi connectivity index (χ0n) is 13.7. The van der Waals surface area contributed by atoms with Gasteiger partial charge in [-0.25, -0.2) is 4.98 Å². The molecule has 0 bridgehead atoms. The van der Waals surface area contributed by atoms with Crippen molar-refractivity contribution in [1.29, 1.82) is 0 Å². The average Bonchev–Trinajstić information content (AvgIpc) is 3.31. The van der Waals surface area contributed by atoms with Crippen LogP contribution in [0.1, 0.15) is 16.2 Å². The molecular weight excluding hydrogens is 342 g/mol. The molecule has 0 aliphatic heterocycles. The fourth-order valence-corrected chi connectivity index (χ4v) is 2.85. The molecule has 25 heavy (non-hydrogen) atoms. The van der Waals surface area contributed by atoms with E-state index in [-0.39, 0.29) is 5.91 Å². The van der Waals surface area contributed by atoms with E-state index in [0.29, 0.717) is 34.6 Å².